The summed E-state index contributed by atoms with van der Waals surface area (Å²) in [6.45, 7) is 0.679. The van der Waals surface area contributed by atoms with Crippen LogP contribution in [0.4, 0.5) is 11.6 Å². The number of rotatable bonds is 3. The highest BCUT2D eigenvalue weighted by molar-refractivity contribution is 6.35. The molecule has 3 aromatic rings. The first-order valence-electron chi connectivity index (χ1n) is 6.23. The van der Waals surface area contributed by atoms with Crippen molar-refractivity contribution in [1.82, 2.24) is 9.97 Å². The average molecular weight is 285 g/mol. The number of fused-ring (bicyclic) bond motifs is 1. The Bertz CT molecular complexity index is 743. The van der Waals surface area contributed by atoms with E-state index in [-0.39, 0.29) is 0 Å². The van der Waals surface area contributed by atoms with Gasteiger partial charge in [-0.3, -0.25) is 0 Å². The van der Waals surface area contributed by atoms with Crippen molar-refractivity contribution in [3.8, 4) is 0 Å². The van der Waals surface area contributed by atoms with E-state index in [0.29, 0.717) is 28.9 Å². The number of pyridine rings is 2. The molecule has 2 heterocycles. The van der Waals surface area contributed by atoms with E-state index in [1.165, 1.54) is 5.56 Å². The number of nitrogens with one attached hydrogen (secondary N) is 1. The van der Waals surface area contributed by atoms with Crippen LogP contribution in [0.2, 0.25) is 5.02 Å². The van der Waals surface area contributed by atoms with E-state index in [1.807, 2.05) is 36.4 Å². The van der Waals surface area contributed by atoms with E-state index >= 15 is 0 Å². The number of benzene rings is 1. The predicted octanol–water partition coefficient (Wildman–Crippen LogP) is 3.48. The Balaban J connectivity index is 1.88. The molecular weight excluding hydrogens is 272 g/mol. The van der Waals surface area contributed by atoms with E-state index in [0.717, 1.165) is 5.39 Å². The number of aromatic nitrogens is 2. The number of halogens is 1. The molecule has 0 saturated heterocycles. The fourth-order valence-corrected chi connectivity index (χ4v) is 2.21. The van der Waals surface area contributed by atoms with Crippen molar-refractivity contribution in [2.45, 2.75) is 6.54 Å². The summed E-state index contributed by atoms with van der Waals surface area (Å²) in [5.74, 6) is 1.12. The maximum atomic E-state index is 6.24. The normalized spacial score (nSPS) is 10.7. The van der Waals surface area contributed by atoms with E-state index in [9.17, 15) is 0 Å². The molecule has 5 heteroatoms. The Morgan fingerprint density at radius 2 is 1.85 bits per heavy atom. The molecular formula is C15H13ClN4. The van der Waals surface area contributed by atoms with Crippen LogP contribution in [0.5, 0.6) is 0 Å². The van der Waals surface area contributed by atoms with Crippen LogP contribution in [0.25, 0.3) is 11.0 Å². The lowest BCUT2D eigenvalue weighted by atomic mass is 10.2. The minimum absolute atomic E-state index is 0.432. The Morgan fingerprint density at radius 3 is 2.65 bits per heavy atom. The topological polar surface area (TPSA) is 63.8 Å². The Hall–Kier alpha value is -2.33. The zero-order chi connectivity index (χ0) is 13.9. The molecule has 0 atom stereocenters. The summed E-state index contributed by atoms with van der Waals surface area (Å²) in [5, 5.41) is 4.64. The highest BCUT2D eigenvalue weighted by atomic mass is 35.5. The first-order chi connectivity index (χ1) is 9.72. The maximum Gasteiger partial charge on any atom is 0.165 e. The fraction of sp³-hybridized carbons (Fsp3) is 0.0667. The van der Waals surface area contributed by atoms with Gasteiger partial charge in [-0.1, -0.05) is 41.9 Å². The summed E-state index contributed by atoms with van der Waals surface area (Å²) >= 11 is 6.24. The molecule has 0 unspecified atom stereocenters. The smallest absolute Gasteiger partial charge is 0.165 e. The molecule has 0 bridgehead atoms. The summed E-state index contributed by atoms with van der Waals surface area (Å²) < 4.78 is 0. The molecule has 100 valence electrons. The molecule has 0 aliphatic heterocycles. The van der Waals surface area contributed by atoms with Crippen molar-refractivity contribution in [2.24, 2.45) is 0 Å². The van der Waals surface area contributed by atoms with Crippen LogP contribution < -0.4 is 11.1 Å². The molecule has 4 nitrogen and oxygen atoms in total. The summed E-state index contributed by atoms with van der Waals surface area (Å²) in [4.78, 5) is 8.62. The summed E-state index contributed by atoms with van der Waals surface area (Å²) in [6, 6.07) is 15.4. The average Bonchev–Trinajstić information content (AvgIpc) is 2.46. The van der Waals surface area contributed by atoms with Crippen molar-refractivity contribution in [2.75, 3.05) is 11.1 Å². The minimum Gasteiger partial charge on any atom is -0.384 e. The number of hydrogen-bond donors (Lipinski definition) is 2. The zero-order valence-electron chi connectivity index (χ0n) is 10.7. The highest BCUT2D eigenvalue weighted by Crippen LogP contribution is 2.24. The quantitative estimate of drug-likeness (QED) is 0.773. The van der Waals surface area contributed by atoms with Crippen molar-refractivity contribution in [1.29, 1.82) is 0 Å². The lowest BCUT2D eigenvalue weighted by Gasteiger charge is -2.08. The van der Waals surface area contributed by atoms with Gasteiger partial charge in [-0.2, -0.15) is 0 Å². The largest absolute Gasteiger partial charge is 0.384 e. The van der Waals surface area contributed by atoms with Crippen molar-refractivity contribution in [3.05, 3.63) is 59.1 Å². The van der Waals surface area contributed by atoms with Crippen molar-refractivity contribution in [3.63, 3.8) is 0 Å². The first-order valence-corrected chi connectivity index (χ1v) is 6.61. The molecule has 3 rings (SSSR count). The van der Waals surface area contributed by atoms with Crippen LogP contribution in [0.15, 0.2) is 48.5 Å². The van der Waals surface area contributed by atoms with E-state index in [2.05, 4.69) is 15.3 Å². The predicted molar refractivity (Wildman–Crippen MR) is 82.7 cm³/mol. The van der Waals surface area contributed by atoms with Crippen LogP contribution in [-0.4, -0.2) is 9.97 Å². The van der Waals surface area contributed by atoms with Gasteiger partial charge in [0.2, 0.25) is 0 Å². The zero-order valence-corrected chi connectivity index (χ0v) is 11.4. The molecule has 0 aliphatic rings. The number of anilines is 2. The Labute approximate surface area is 121 Å². The Morgan fingerprint density at radius 1 is 1.05 bits per heavy atom. The number of nitrogen functional groups attached to an aromatic ring is 1. The lowest BCUT2D eigenvalue weighted by Crippen LogP contribution is -2.02. The van der Waals surface area contributed by atoms with Gasteiger partial charge in [0.1, 0.15) is 11.6 Å². The summed E-state index contributed by atoms with van der Waals surface area (Å²) in [7, 11) is 0. The second-order valence-corrected chi connectivity index (χ2v) is 4.84. The van der Waals surface area contributed by atoms with Gasteiger partial charge in [-0.05, 0) is 23.8 Å². The molecule has 0 radical (unpaired) electrons. The molecule has 0 saturated carbocycles. The van der Waals surface area contributed by atoms with Crippen LogP contribution in [0, 0.1) is 0 Å². The third kappa shape index (κ3) is 2.65. The molecule has 1 aromatic carbocycles. The molecule has 20 heavy (non-hydrogen) atoms. The third-order valence-corrected chi connectivity index (χ3v) is 3.27. The number of nitrogens with zero attached hydrogens (tertiary/aromatic N) is 2. The van der Waals surface area contributed by atoms with Crippen LogP contribution in [0.3, 0.4) is 0 Å². The van der Waals surface area contributed by atoms with Crippen LogP contribution in [0.1, 0.15) is 5.56 Å². The molecule has 0 spiro atoms. The van der Waals surface area contributed by atoms with Crippen molar-refractivity contribution < 1.29 is 0 Å². The molecule has 0 aliphatic carbocycles. The monoisotopic (exact) mass is 284 g/mol. The lowest BCUT2D eigenvalue weighted by molar-refractivity contribution is 1.12. The summed E-state index contributed by atoms with van der Waals surface area (Å²) in [5.41, 5.74) is 7.40. The summed E-state index contributed by atoms with van der Waals surface area (Å²) in [6.07, 6.45) is 0. The van der Waals surface area contributed by atoms with Gasteiger partial charge in [0.15, 0.2) is 5.65 Å². The molecule has 3 N–H and O–H groups in total. The van der Waals surface area contributed by atoms with E-state index in [1.54, 1.807) is 12.1 Å². The van der Waals surface area contributed by atoms with Gasteiger partial charge in [-0.25, -0.2) is 9.97 Å². The molecule has 0 amide bonds. The van der Waals surface area contributed by atoms with E-state index in [4.69, 9.17) is 17.3 Å². The Kier molecular flexibility index (Phi) is 3.39. The number of nitrogens with two attached hydrogens (primary N) is 1. The minimum atomic E-state index is 0.432. The van der Waals surface area contributed by atoms with Gasteiger partial charge >= 0.3 is 0 Å². The maximum absolute atomic E-state index is 6.24. The second kappa shape index (κ2) is 5.35. The van der Waals surface area contributed by atoms with Gasteiger partial charge < -0.3 is 11.1 Å². The number of hydrogen-bond acceptors (Lipinski definition) is 4. The van der Waals surface area contributed by atoms with Crippen LogP contribution >= 0.6 is 11.6 Å². The molecule has 2 aromatic heterocycles. The third-order valence-electron chi connectivity index (χ3n) is 2.96. The van der Waals surface area contributed by atoms with Crippen LogP contribution in [-0.2, 0) is 6.54 Å². The van der Waals surface area contributed by atoms with Gasteiger partial charge in [0, 0.05) is 11.9 Å². The van der Waals surface area contributed by atoms with E-state index < -0.39 is 0 Å². The molecule has 0 fully saturated rings. The fourth-order valence-electron chi connectivity index (χ4n) is 1.96. The van der Waals surface area contributed by atoms with Crippen molar-refractivity contribution >= 4 is 34.3 Å². The van der Waals surface area contributed by atoms with Gasteiger partial charge in [-0.15, -0.1) is 0 Å². The second-order valence-electron chi connectivity index (χ2n) is 4.44. The van der Waals surface area contributed by atoms with Gasteiger partial charge in [0.05, 0.1) is 5.02 Å². The highest BCUT2D eigenvalue weighted by Gasteiger charge is 2.05. The van der Waals surface area contributed by atoms with Gasteiger partial charge in [0.25, 0.3) is 0 Å². The standard InChI is InChI=1S/C15H13ClN4/c16-12-8-14(18-9-10-4-2-1-3-5-10)20-15-11(12)6-7-13(17)19-15/h1-8H,9H2,(H3,17,18,19,20). The first kappa shape index (κ1) is 12.7. The SMILES string of the molecule is Nc1ccc2c(Cl)cc(NCc3ccccc3)nc2n1.